The third kappa shape index (κ3) is 3.26. The highest BCUT2D eigenvalue weighted by Gasteiger charge is 2.05. The van der Waals surface area contributed by atoms with Gasteiger partial charge in [-0.15, -0.1) is 0 Å². The van der Waals surface area contributed by atoms with Crippen molar-refractivity contribution in [2.24, 2.45) is 0 Å². The van der Waals surface area contributed by atoms with Crippen LogP contribution in [0.15, 0.2) is 24.3 Å². The number of para-hydroxylation sites is 2. The van der Waals surface area contributed by atoms with E-state index in [4.69, 9.17) is 15.2 Å². The molecule has 1 atom stereocenters. The van der Waals surface area contributed by atoms with Gasteiger partial charge >= 0.3 is 0 Å². The van der Waals surface area contributed by atoms with E-state index in [9.17, 15) is 0 Å². The van der Waals surface area contributed by atoms with Crippen LogP contribution in [0, 0.1) is 0 Å². The number of rotatable bonds is 5. The van der Waals surface area contributed by atoms with Crippen LogP contribution in [-0.2, 0) is 4.74 Å². The second kappa shape index (κ2) is 5.50. The molecule has 0 heterocycles. The maximum Gasteiger partial charge on any atom is 0.142 e. The van der Waals surface area contributed by atoms with Gasteiger partial charge in [0.25, 0.3) is 0 Å². The minimum absolute atomic E-state index is 0.125. The van der Waals surface area contributed by atoms with Gasteiger partial charge in [-0.2, -0.15) is 0 Å². The van der Waals surface area contributed by atoms with Crippen LogP contribution in [0.5, 0.6) is 5.75 Å². The second-order valence-electron chi connectivity index (χ2n) is 3.25. The van der Waals surface area contributed by atoms with Crippen LogP contribution < -0.4 is 10.5 Å². The van der Waals surface area contributed by atoms with Crippen LogP contribution in [-0.4, -0.2) is 19.8 Å². The van der Waals surface area contributed by atoms with E-state index in [0.717, 1.165) is 12.2 Å². The monoisotopic (exact) mass is 195 g/mol. The molecule has 0 aromatic heterocycles. The molecule has 0 fully saturated rings. The van der Waals surface area contributed by atoms with Gasteiger partial charge in [-0.1, -0.05) is 12.1 Å². The van der Waals surface area contributed by atoms with Gasteiger partial charge in [0.2, 0.25) is 0 Å². The molecule has 0 saturated heterocycles. The molecule has 3 nitrogen and oxygen atoms in total. The Kier molecular flexibility index (Phi) is 4.26. The average molecular weight is 195 g/mol. The molecular formula is C11H17NO2. The van der Waals surface area contributed by atoms with Gasteiger partial charge in [0.15, 0.2) is 0 Å². The normalized spacial score (nSPS) is 12.4. The van der Waals surface area contributed by atoms with Crippen molar-refractivity contribution in [3.8, 4) is 5.75 Å². The third-order valence-electron chi connectivity index (χ3n) is 1.98. The molecule has 1 unspecified atom stereocenters. The molecule has 0 bridgehead atoms. The first-order chi connectivity index (χ1) is 6.74. The highest BCUT2D eigenvalue weighted by Crippen LogP contribution is 2.21. The minimum atomic E-state index is 0.125. The number of hydrogen-bond donors (Lipinski definition) is 1. The van der Waals surface area contributed by atoms with E-state index in [1.54, 1.807) is 7.11 Å². The van der Waals surface area contributed by atoms with Crippen molar-refractivity contribution in [3.05, 3.63) is 24.3 Å². The average Bonchev–Trinajstić information content (AvgIpc) is 2.18. The highest BCUT2D eigenvalue weighted by atomic mass is 16.5. The molecule has 2 N–H and O–H groups in total. The Bertz CT molecular complexity index is 276. The molecule has 0 aliphatic rings. The molecule has 14 heavy (non-hydrogen) atoms. The molecular weight excluding hydrogens is 178 g/mol. The Morgan fingerprint density at radius 3 is 2.71 bits per heavy atom. The lowest BCUT2D eigenvalue weighted by atomic mass is 10.2. The summed E-state index contributed by atoms with van der Waals surface area (Å²) in [5.74, 6) is 0.746. The summed E-state index contributed by atoms with van der Waals surface area (Å²) in [7, 11) is 1.68. The van der Waals surface area contributed by atoms with Gasteiger partial charge in [-0.05, 0) is 19.1 Å². The van der Waals surface area contributed by atoms with Crippen molar-refractivity contribution in [2.45, 2.75) is 19.4 Å². The zero-order valence-electron chi connectivity index (χ0n) is 8.69. The van der Waals surface area contributed by atoms with Crippen LogP contribution in [0.2, 0.25) is 0 Å². The van der Waals surface area contributed by atoms with Crippen molar-refractivity contribution in [2.75, 3.05) is 19.5 Å². The van der Waals surface area contributed by atoms with Crippen molar-refractivity contribution in [1.82, 2.24) is 0 Å². The van der Waals surface area contributed by atoms with Crippen molar-refractivity contribution < 1.29 is 9.47 Å². The molecule has 78 valence electrons. The quantitative estimate of drug-likeness (QED) is 0.731. The molecule has 1 rings (SSSR count). The zero-order valence-corrected chi connectivity index (χ0v) is 8.69. The molecule has 0 aliphatic heterocycles. The number of nitrogen functional groups attached to an aromatic ring is 1. The number of benzene rings is 1. The Morgan fingerprint density at radius 2 is 2.07 bits per heavy atom. The Balaban J connectivity index is 2.47. The standard InChI is InChI=1S/C11H17NO2/c1-9(7-8-13-2)14-11-6-4-3-5-10(11)12/h3-6,9H,7-8,12H2,1-2H3. The predicted octanol–water partition coefficient (Wildman–Crippen LogP) is 2.07. The molecule has 1 aromatic rings. The van der Waals surface area contributed by atoms with Crippen molar-refractivity contribution >= 4 is 5.69 Å². The number of anilines is 1. The van der Waals surface area contributed by atoms with E-state index in [1.165, 1.54) is 0 Å². The van der Waals surface area contributed by atoms with Crippen LogP contribution in [0.4, 0.5) is 5.69 Å². The topological polar surface area (TPSA) is 44.5 Å². The smallest absolute Gasteiger partial charge is 0.142 e. The van der Waals surface area contributed by atoms with E-state index in [0.29, 0.717) is 12.3 Å². The first-order valence-corrected chi connectivity index (χ1v) is 4.74. The summed E-state index contributed by atoms with van der Waals surface area (Å²) in [6.45, 7) is 2.71. The SMILES string of the molecule is COCCC(C)Oc1ccccc1N. The Hall–Kier alpha value is -1.22. The third-order valence-corrected chi connectivity index (χ3v) is 1.98. The van der Waals surface area contributed by atoms with E-state index >= 15 is 0 Å². The van der Waals surface area contributed by atoms with Gasteiger partial charge in [-0.3, -0.25) is 0 Å². The van der Waals surface area contributed by atoms with Crippen LogP contribution in [0.25, 0.3) is 0 Å². The summed E-state index contributed by atoms with van der Waals surface area (Å²) in [5.41, 5.74) is 6.42. The fraction of sp³-hybridized carbons (Fsp3) is 0.455. The van der Waals surface area contributed by atoms with Crippen LogP contribution in [0.3, 0.4) is 0 Å². The summed E-state index contributed by atoms with van der Waals surface area (Å²) in [6.07, 6.45) is 0.991. The molecule has 3 heteroatoms. The number of methoxy groups -OCH3 is 1. The lowest BCUT2D eigenvalue weighted by Crippen LogP contribution is -2.14. The van der Waals surface area contributed by atoms with Crippen LogP contribution in [0.1, 0.15) is 13.3 Å². The predicted molar refractivity (Wildman–Crippen MR) is 57.4 cm³/mol. The highest BCUT2D eigenvalue weighted by molar-refractivity contribution is 5.51. The number of nitrogens with two attached hydrogens (primary N) is 1. The molecule has 0 radical (unpaired) electrons. The summed E-state index contributed by atoms with van der Waals surface area (Å²) < 4.78 is 10.6. The first-order valence-electron chi connectivity index (χ1n) is 4.74. The summed E-state index contributed by atoms with van der Waals surface area (Å²) in [6, 6.07) is 7.51. The maximum absolute atomic E-state index is 5.74. The molecule has 0 spiro atoms. The fourth-order valence-corrected chi connectivity index (χ4v) is 1.15. The lowest BCUT2D eigenvalue weighted by molar-refractivity contribution is 0.135. The summed E-state index contributed by atoms with van der Waals surface area (Å²) >= 11 is 0. The van der Waals surface area contributed by atoms with Crippen molar-refractivity contribution in [1.29, 1.82) is 0 Å². The Morgan fingerprint density at radius 1 is 1.36 bits per heavy atom. The van der Waals surface area contributed by atoms with Gasteiger partial charge in [0, 0.05) is 20.1 Å². The fourth-order valence-electron chi connectivity index (χ4n) is 1.15. The lowest BCUT2D eigenvalue weighted by Gasteiger charge is -2.15. The molecule has 1 aromatic carbocycles. The summed E-state index contributed by atoms with van der Waals surface area (Å²) in [4.78, 5) is 0. The molecule has 0 saturated carbocycles. The summed E-state index contributed by atoms with van der Waals surface area (Å²) in [5, 5.41) is 0. The largest absolute Gasteiger partial charge is 0.488 e. The van der Waals surface area contributed by atoms with E-state index in [-0.39, 0.29) is 6.10 Å². The van der Waals surface area contributed by atoms with Gasteiger partial charge < -0.3 is 15.2 Å². The maximum atomic E-state index is 5.74. The van der Waals surface area contributed by atoms with E-state index in [2.05, 4.69) is 0 Å². The first kappa shape index (κ1) is 10.9. The van der Waals surface area contributed by atoms with Crippen LogP contribution >= 0.6 is 0 Å². The second-order valence-corrected chi connectivity index (χ2v) is 3.25. The van der Waals surface area contributed by atoms with Gasteiger partial charge in [0.05, 0.1) is 11.8 Å². The molecule has 0 aliphatic carbocycles. The van der Waals surface area contributed by atoms with E-state index in [1.807, 2.05) is 31.2 Å². The van der Waals surface area contributed by atoms with Gasteiger partial charge in [0.1, 0.15) is 5.75 Å². The van der Waals surface area contributed by atoms with E-state index < -0.39 is 0 Å². The molecule has 0 amide bonds. The Labute approximate surface area is 84.8 Å². The van der Waals surface area contributed by atoms with Gasteiger partial charge in [-0.25, -0.2) is 0 Å². The minimum Gasteiger partial charge on any atom is -0.488 e. The van der Waals surface area contributed by atoms with Crippen molar-refractivity contribution in [3.63, 3.8) is 0 Å². The number of hydrogen-bond acceptors (Lipinski definition) is 3. The number of ether oxygens (including phenoxy) is 2. The zero-order chi connectivity index (χ0) is 10.4.